The molecule has 8 rings (SSSR count). The predicted octanol–water partition coefficient (Wildman–Crippen LogP) is 33.2. The van der Waals surface area contributed by atoms with E-state index in [2.05, 4.69) is 316 Å². The van der Waals surface area contributed by atoms with Crippen molar-refractivity contribution in [2.45, 2.75) is 336 Å². The number of unbranched alkanes of at least 4 members (excludes halogenated alkanes) is 26. The zero-order valence-electron chi connectivity index (χ0n) is 74.2. The first-order chi connectivity index (χ1) is 55.0. The fraction of sp³-hybridized carbons (Fsp3) is 0.491. The minimum Gasteiger partial charge on any atom is -0.492 e. The molecule has 0 aliphatic heterocycles. The molecular weight excluding hydrogens is 1410 g/mol. The van der Waals surface area contributed by atoms with Crippen molar-refractivity contribution >= 4 is 16.1 Å². The van der Waals surface area contributed by atoms with Gasteiger partial charge in [0.15, 0.2) is 0 Å². The fourth-order valence-electron chi connectivity index (χ4n) is 18.0. The Morgan fingerprint density at radius 3 is 0.868 bits per heavy atom. The van der Waals surface area contributed by atoms with Crippen LogP contribution < -0.4 is 9.47 Å². The zero-order valence-corrected chi connectivity index (χ0v) is 76.2. The van der Waals surface area contributed by atoms with Crippen LogP contribution in [-0.4, -0.2) is 29.4 Å². The van der Waals surface area contributed by atoms with E-state index in [0.717, 1.165) is 92.6 Å². The maximum absolute atomic E-state index is 6.70. The first kappa shape index (κ1) is 91.6. The molecule has 0 aliphatic carbocycles. The maximum Gasteiger partial charge on any atom is 0.146 e. The molecule has 0 radical (unpaired) electrons. The Balaban J connectivity index is 1.14. The van der Waals surface area contributed by atoms with Gasteiger partial charge in [-0.1, -0.05) is 423 Å². The van der Waals surface area contributed by atoms with Crippen LogP contribution in [0.1, 0.15) is 331 Å². The van der Waals surface area contributed by atoms with Crippen molar-refractivity contribution in [3.8, 4) is 125 Å². The Kier molecular flexibility index (Phi) is 38.0. The van der Waals surface area contributed by atoms with Crippen molar-refractivity contribution < 1.29 is 9.47 Å². The van der Waals surface area contributed by atoms with Gasteiger partial charge in [-0.2, -0.15) is 0 Å². The van der Waals surface area contributed by atoms with Crippen LogP contribution in [0.2, 0.25) is 33.2 Å². The van der Waals surface area contributed by atoms with Crippen molar-refractivity contribution in [2.24, 2.45) is 0 Å². The molecule has 0 spiro atoms. The summed E-state index contributed by atoms with van der Waals surface area (Å²) in [7, 11) is -3.78. The van der Waals surface area contributed by atoms with E-state index in [0.29, 0.717) is 57.8 Å². The van der Waals surface area contributed by atoms with Gasteiger partial charge in [0.1, 0.15) is 27.6 Å². The summed E-state index contributed by atoms with van der Waals surface area (Å²) in [6.45, 7) is 41.3. The van der Waals surface area contributed by atoms with Crippen molar-refractivity contribution in [3.63, 3.8) is 0 Å². The van der Waals surface area contributed by atoms with E-state index >= 15 is 0 Å². The summed E-state index contributed by atoms with van der Waals surface area (Å²) in [6.07, 6.45) is 43.1. The Morgan fingerprint density at radius 1 is 0.289 bits per heavy atom. The summed E-state index contributed by atoms with van der Waals surface area (Å²) in [5, 5.41) is 0. The monoisotopic (exact) mass is 1560 g/mol. The molecule has 0 fully saturated rings. The molecule has 8 aromatic carbocycles. The minimum absolute atomic E-state index is 0.0160. The lowest BCUT2D eigenvalue weighted by Gasteiger charge is -2.38. The number of hydrogen-bond donors (Lipinski definition) is 0. The van der Waals surface area contributed by atoms with Crippen LogP contribution in [0, 0.1) is 47.1 Å². The summed E-state index contributed by atoms with van der Waals surface area (Å²) in [5.41, 5.74) is 31.1. The third kappa shape index (κ3) is 26.8. The van der Waals surface area contributed by atoms with E-state index < -0.39 is 16.1 Å². The van der Waals surface area contributed by atoms with E-state index in [-0.39, 0.29) is 5.41 Å². The summed E-state index contributed by atoms with van der Waals surface area (Å²) in [4.78, 5) is 0. The Morgan fingerprint density at radius 2 is 0.553 bits per heavy atom. The molecule has 4 heteroatoms. The number of ether oxygens (including phenoxy) is 2. The number of rotatable bonds is 44. The molecule has 114 heavy (non-hydrogen) atoms. The highest BCUT2D eigenvalue weighted by Gasteiger charge is 2.43. The van der Waals surface area contributed by atoms with Crippen molar-refractivity contribution in [2.75, 3.05) is 13.2 Å². The molecule has 0 saturated heterocycles. The summed E-state index contributed by atoms with van der Waals surface area (Å²) in [6, 6.07) is 63.4. The SMILES string of the molecule is C#Cc1cc(OCCCCCCCCCCCCCCCC)c(C#Cc2ccc(-c3c(-c4ccc(-c5ccc(C#C[Si](C(C)C)(C(C)C)C(C)C)cc5)cc4)cc(-c4ccc(C(C)(C)C)cc4)cc3-c3ccc(-c4ccc(C#C[Si](C(C)C)(C(C)C)C(C)C)cc4)cc3)cc2)cc1OCCCCCCCCCCCCCCCC. The zero-order chi connectivity index (χ0) is 81.9. The Hall–Kier alpha value is -7.97. The van der Waals surface area contributed by atoms with Crippen LogP contribution in [0.3, 0.4) is 0 Å². The average molecular weight is 1560 g/mol. The maximum atomic E-state index is 6.70. The smallest absolute Gasteiger partial charge is 0.146 e. The van der Waals surface area contributed by atoms with Gasteiger partial charge in [-0.05, 0) is 172 Å². The molecule has 0 heterocycles. The first-order valence-electron chi connectivity index (χ1n) is 45.3. The van der Waals surface area contributed by atoms with Crippen molar-refractivity contribution in [3.05, 3.63) is 203 Å². The number of terminal acetylenes is 1. The quantitative estimate of drug-likeness (QED) is 0.0215. The summed E-state index contributed by atoms with van der Waals surface area (Å²) < 4.78 is 13.3. The summed E-state index contributed by atoms with van der Waals surface area (Å²) >= 11 is 0. The van der Waals surface area contributed by atoms with Crippen LogP contribution in [0.4, 0.5) is 0 Å². The van der Waals surface area contributed by atoms with Gasteiger partial charge >= 0.3 is 0 Å². The highest BCUT2D eigenvalue weighted by molar-refractivity contribution is 6.91. The molecule has 2 nitrogen and oxygen atoms in total. The molecule has 0 aliphatic rings. The molecule has 0 amide bonds. The minimum atomic E-state index is -1.89. The van der Waals surface area contributed by atoms with Gasteiger partial charge in [0, 0.05) is 28.8 Å². The lowest BCUT2D eigenvalue weighted by atomic mass is 9.83. The molecule has 0 unspecified atom stereocenters. The van der Waals surface area contributed by atoms with Crippen molar-refractivity contribution in [1.82, 2.24) is 0 Å². The first-order valence-corrected chi connectivity index (χ1v) is 49.8. The highest BCUT2D eigenvalue weighted by atomic mass is 28.3. The molecule has 606 valence electrons. The lowest BCUT2D eigenvalue weighted by molar-refractivity contribution is 0.295. The average Bonchev–Trinajstić information content (AvgIpc) is 0.760. The van der Waals surface area contributed by atoms with E-state index in [4.69, 9.17) is 15.9 Å². The van der Waals surface area contributed by atoms with Gasteiger partial charge in [0.2, 0.25) is 0 Å². The molecule has 0 saturated carbocycles. The van der Waals surface area contributed by atoms with Gasteiger partial charge in [-0.15, -0.1) is 17.5 Å². The normalized spacial score (nSPS) is 11.8. The van der Waals surface area contributed by atoms with E-state index in [1.54, 1.807) is 0 Å². The van der Waals surface area contributed by atoms with E-state index in [1.165, 1.54) is 187 Å². The third-order valence-corrected chi connectivity index (χ3v) is 37.5. The van der Waals surface area contributed by atoms with Crippen LogP contribution in [0.25, 0.3) is 66.8 Å². The van der Waals surface area contributed by atoms with Crippen LogP contribution in [0.15, 0.2) is 170 Å². The second kappa shape index (κ2) is 47.3. The van der Waals surface area contributed by atoms with Gasteiger partial charge in [0.25, 0.3) is 0 Å². The third-order valence-electron chi connectivity index (χ3n) is 24.9. The number of hydrogen-bond acceptors (Lipinski definition) is 2. The highest BCUT2D eigenvalue weighted by Crippen LogP contribution is 2.47. The predicted molar refractivity (Wildman–Crippen MR) is 506 cm³/mol. The standard InChI is InChI=1S/C110H146O2Si2/c1-19-22-24-26-28-30-32-34-36-38-40-42-44-46-76-111-107-83-102(108(82-93(107)21-3)112-77-47-45-43-41-39-37-35-33-31-29-27-25-23-20-2)61-54-90-52-59-101(60-53-90)109-105(99-66-62-96(63-67-99)94-55-48-91(49-56-94)74-78-113(84(4)5,85(6)7)86(8)9)80-103(98-70-72-104(73-71-98)110(16,17)18)81-106(109)100-68-64-97(65-69-100)95-57-50-92(51-58-95)75-79-114(87(10)11,88(12)13)89(14)15/h3,48-53,55-60,62-73,80-89H,19-20,22-47,76-77H2,1-2,4-18H3. The largest absolute Gasteiger partial charge is 0.492 e. The van der Waals surface area contributed by atoms with E-state index in [9.17, 15) is 0 Å². The summed E-state index contributed by atoms with van der Waals surface area (Å²) in [5.74, 6) is 19.0. The van der Waals surface area contributed by atoms with Gasteiger partial charge in [-0.3, -0.25) is 0 Å². The Bertz CT molecular complexity index is 4200. The van der Waals surface area contributed by atoms with Crippen LogP contribution in [-0.2, 0) is 5.41 Å². The molecule has 0 N–H and O–H groups in total. The molecule has 0 atom stereocenters. The van der Waals surface area contributed by atoms with Gasteiger partial charge in [0.05, 0.1) is 24.3 Å². The van der Waals surface area contributed by atoms with Gasteiger partial charge in [-0.25, -0.2) is 0 Å². The molecular formula is C110H146O2Si2. The molecule has 8 aromatic rings. The molecule has 0 aromatic heterocycles. The number of benzene rings is 8. The fourth-order valence-corrected chi connectivity index (χ4v) is 28.4. The second-order valence-electron chi connectivity index (χ2n) is 36.1. The lowest BCUT2D eigenvalue weighted by Crippen LogP contribution is -2.43. The van der Waals surface area contributed by atoms with Gasteiger partial charge < -0.3 is 9.47 Å². The molecule has 0 bridgehead atoms. The Labute approximate surface area is 698 Å². The van der Waals surface area contributed by atoms with Crippen LogP contribution in [0.5, 0.6) is 11.5 Å². The van der Waals surface area contributed by atoms with Crippen LogP contribution >= 0.6 is 0 Å². The second-order valence-corrected chi connectivity index (χ2v) is 47.2. The van der Waals surface area contributed by atoms with E-state index in [1.807, 2.05) is 12.1 Å². The topological polar surface area (TPSA) is 18.5 Å². The van der Waals surface area contributed by atoms with Crippen molar-refractivity contribution in [1.29, 1.82) is 0 Å².